The van der Waals surface area contributed by atoms with E-state index >= 15 is 0 Å². The number of carbonyl (C=O) groups excluding carboxylic acids is 1. The van der Waals surface area contributed by atoms with E-state index in [1.807, 2.05) is 0 Å². The van der Waals surface area contributed by atoms with Crippen molar-refractivity contribution in [2.45, 2.75) is 39.4 Å². The monoisotopic (exact) mass is 308 g/mol. The Morgan fingerprint density at radius 2 is 2.14 bits per heavy atom. The van der Waals surface area contributed by atoms with Gasteiger partial charge in [0, 0.05) is 32.4 Å². The molecule has 1 saturated heterocycles. The molecular weight excluding hydrogens is 284 g/mol. The Labute approximate surface area is 130 Å². The summed E-state index contributed by atoms with van der Waals surface area (Å²) in [5.41, 5.74) is -0.347. The van der Waals surface area contributed by atoms with E-state index in [0.29, 0.717) is 12.4 Å². The Morgan fingerprint density at radius 3 is 2.77 bits per heavy atom. The van der Waals surface area contributed by atoms with Crippen molar-refractivity contribution in [1.82, 2.24) is 20.2 Å². The van der Waals surface area contributed by atoms with E-state index in [1.165, 1.54) is 6.20 Å². The minimum atomic E-state index is -0.402. The first-order valence-corrected chi connectivity index (χ1v) is 7.67. The van der Waals surface area contributed by atoms with Crippen LogP contribution < -0.4 is 10.9 Å². The molecule has 0 saturated carbocycles. The number of carbonyl (C=O) groups is 1. The second kappa shape index (κ2) is 7.51. The number of nitrogens with zero attached hydrogens (tertiary/aromatic N) is 2. The Morgan fingerprint density at radius 1 is 1.45 bits per heavy atom. The number of hydrogen-bond donors (Lipinski definition) is 2. The lowest BCUT2D eigenvalue weighted by Gasteiger charge is -2.35. The van der Waals surface area contributed by atoms with Crippen LogP contribution in [0.5, 0.6) is 0 Å². The highest BCUT2D eigenvalue weighted by molar-refractivity contribution is 5.93. The molecule has 0 unspecified atom stereocenters. The summed E-state index contributed by atoms with van der Waals surface area (Å²) in [6, 6.07) is 0. The van der Waals surface area contributed by atoms with Crippen molar-refractivity contribution in [3.05, 3.63) is 27.9 Å². The van der Waals surface area contributed by atoms with Gasteiger partial charge in [0.1, 0.15) is 11.4 Å². The minimum Gasteiger partial charge on any atom is -0.373 e. The Kier molecular flexibility index (Phi) is 5.68. The summed E-state index contributed by atoms with van der Waals surface area (Å²) >= 11 is 0. The van der Waals surface area contributed by atoms with Crippen LogP contribution in [-0.4, -0.2) is 59.2 Å². The molecule has 7 heteroatoms. The highest BCUT2D eigenvalue weighted by Gasteiger charge is 2.21. The third-order valence-electron chi connectivity index (χ3n) is 3.60. The average molecular weight is 308 g/mol. The van der Waals surface area contributed by atoms with Crippen LogP contribution in [0.4, 0.5) is 0 Å². The van der Waals surface area contributed by atoms with Gasteiger partial charge < -0.3 is 15.0 Å². The third-order valence-corrected chi connectivity index (χ3v) is 3.60. The first-order chi connectivity index (χ1) is 10.5. The van der Waals surface area contributed by atoms with Gasteiger partial charge in [0.05, 0.1) is 12.2 Å². The fourth-order valence-corrected chi connectivity index (χ4v) is 2.71. The van der Waals surface area contributed by atoms with Crippen molar-refractivity contribution in [3.8, 4) is 0 Å². The molecule has 2 atom stereocenters. The van der Waals surface area contributed by atoms with E-state index in [4.69, 9.17) is 4.74 Å². The molecule has 2 N–H and O–H groups in total. The lowest BCUT2D eigenvalue weighted by atomic mass is 10.2. The number of morpholine rings is 1. The first-order valence-electron chi connectivity index (χ1n) is 7.67. The summed E-state index contributed by atoms with van der Waals surface area (Å²) in [7, 11) is 0. The van der Waals surface area contributed by atoms with Crippen molar-refractivity contribution in [2.24, 2.45) is 0 Å². The number of amides is 1. The SMILES string of the molecule is Cc1ncc(C(=O)NCCCN2C[C@@H](C)O[C@@H](C)C2)c(=O)[nH]1. The summed E-state index contributed by atoms with van der Waals surface area (Å²) < 4.78 is 5.68. The third kappa shape index (κ3) is 4.64. The van der Waals surface area contributed by atoms with Crippen LogP contribution >= 0.6 is 0 Å². The predicted molar refractivity (Wildman–Crippen MR) is 83.0 cm³/mol. The number of rotatable bonds is 5. The normalized spacial score (nSPS) is 22.5. The second-order valence-electron chi connectivity index (χ2n) is 5.84. The van der Waals surface area contributed by atoms with Gasteiger partial charge in [-0.3, -0.25) is 14.5 Å². The maximum Gasteiger partial charge on any atom is 0.263 e. The lowest BCUT2D eigenvalue weighted by molar-refractivity contribution is -0.0679. The Hall–Kier alpha value is -1.73. The molecule has 1 amide bonds. The van der Waals surface area contributed by atoms with Crippen LogP contribution in [0.15, 0.2) is 11.0 Å². The number of ether oxygens (including phenoxy) is 1. The van der Waals surface area contributed by atoms with Crippen LogP contribution in [-0.2, 0) is 4.74 Å². The van der Waals surface area contributed by atoms with E-state index in [9.17, 15) is 9.59 Å². The molecule has 1 aliphatic rings. The maximum atomic E-state index is 11.9. The zero-order valence-electron chi connectivity index (χ0n) is 13.4. The van der Waals surface area contributed by atoms with E-state index in [2.05, 4.69) is 34.0 Å². The van der Waals surface area contributed by atoms with Crippen molar-refractivity contribution in [1.29, 1.82) is 0 Å². The van der Waals surface area contributed by atoms with Gasteiger partial charge in [-0.1, -0.05) is 0 Å². The minimum absolute atomic E-state index is 0.0548. The van der Waals surface area contributed by atoms with Crippen molar-refractivity contribution in [2.75, 3.05) is 26.2 Å². The van der Waals surface area contributed by atoms with Crippen LogP contribution in [0, 0.1) is 6.92 Å². The number of aromatic nitrogens is 2. The van der Waals surface area contributed by atoms with Crippen LogP contribution in [0.2, 0.25) is 0 Å². The van der Waals surface area contributed by atoms with Crippen LogP contribution in [0.3, 0.4) is 0 Å². The molecule has 1 fully saturated rings. The van der Waals surface area contributed by atoms with Crippen molar-refractivity contribution < 1.29 is 9.53 Å². The van der Waals surface area contributed by atoms with Crippen molar-refractivity contribution in [3.63, 3.8) is 0 Å². The summed E-state index contributed by atoms with van der Waals surface area (Å²) in [4.78, 5) is 32.4. The molecule has 0 bridgehead atoms. The molecule has 0 aromatic carbocycles. The molecule has 122 valence electrons. The van der Waals surface area contributed by atoms with Gasteiger partial charge in [-0.25, -0.2) is 4.98 Å². The maximum absolute atomic E-state index is 11.9. The second-order valence-corrected chi connectivity index (χ2v) is 5.84. The highest BCUT2D eigenvalue weighted by Crippen LogP contribution is 2.10. The van der Waals surface area contributed by atoms with Crippen LogP contribution in [0.1, 0.15) is 36.5 Å². The number of aromatic amines is 1. The van der Waals surface area contributed by atoms with Gasteiger partial charge in [0.25, 0.3) is 11.5 Å². The molecule has 1 aliphatic heterocycles. The molecule has 1 aromatic heterocycles. The summed E-state index contributed by atoms with van der Waals surface area (Å²) in [5, 5.41) is 2.76. The fraction of sp³-hybridized carbons (Fsp3) is 0.667. The summed E-state index contributed by atoms with van der Waals surface area (Å²) in [5.74, 6) is 0.120. The van der Waals surface area contributed by atoms with E-state index in [-0.39, 0.29) is 23.7 Å². The van der Waals surface area contributed by atoms with Gasteiger partial charge >= 0.3 is 0 Å². The van der Waals surface area contributed by atoms with Crippen molar-refractivity contribution >= 4 is 5.91 Å². The highest BCUT2D eigenvalue weighted by atomic mass is 16.5. The zero-order valence-corrected chi connectivity index (χ0v) is 13.4. The molecule has 2 rings (SSSR count). The van der Waals surface area contributed by atoms with E-state index in [1.54, 1.807) is 6.92 Å². The molecule has 22 heavy (non-hydrogen) atoms. The number of H-pyrrole nitrogens is 1. The van der Waals surface area contributed by atoms with Gasteiger partial charge in [-0.05, 0) is 27.2 Å². The first kappa shape index (κ1) is 16.6. The van der Waals surface area contributed by atoms with Crippen LogP contribution in [0.25, 0.3) is 0 Å². The average Bonchev–Trinajstić information content (AvgIpc) is 2.42. The summed E-state index contributed by atoms with van der Waals surface area (Å²) in [6.07, 6.45) is 2.64. The number of hydrogen-bond acceptors (Lipinski definition) is 5. The summed E-state index contributed by atoms with van der Waals surface area (Å²) in [6.45, 7) is 9.09. The molecule has 0 aliphatic carbocycles. The Bertz CT molecular complexity index is 562. The van der Waals surface area contributed by atoms with E-state index in [0.717, 1.165) is 26.1 Å². The molecule has 0 radical (unpaired) electrons. The zero-order chi connectivity index (χ0) is 16.1. The largest absolute Gasteiger partial charge is 0.373 e. The molecule has 0 spiro atoms. The lowest BCUT2D eigenvalue weighted by Crippen LogP contribution is -2.46. The molecular formula is C15H24N4O3. The quantitative estimate of drug-likeness (QED) is 0.764. The van der Waals surface area contributed by atoms with Gasteiger partial charge in [-0.2, -0.15) is 0 Å². The predicted octanol–water partition coefficient (Wildman–Crippen LogP) is 0.307. The van der Waals surface area contributed by atoms with Gasteiger partial charge in [-0.15, -0.1) is 0 Å². The number of nitrogens with one attached hydrogen (secondary N) is 2. The van der Waals surface area contributed by atoms with E-state index < -0.39 is 5.56 Å². The smallest absolute Gasteiger partial charge is 0.263 e. The Balaban J connectivity index is 1.74. The van der Waals surface area contributed by atoms with Gasteiger partial charge in [0.2, 0.25) is 0 Å². The molecule has 7 nitrogen and oxygen atoms in total. The molecule has 2 heterocycles. The molecule has 1 aromatic rings. The standard InChI is InChI=1S/C15H24N4O3/c1-10-8-19(9-11(2)22-10)6-4-5-16-14(20)13-7-17-12(3)18-15(13)21/h7,10-11H,4-6,8-9H2,1-3H3,(H,16,20)(H,17,18,21)/t10-,11+. The topological polar surface area (TPSA) is 87.3 Å². The van der Waals surface area contributed by atoms with Gasteiger partial charge in [0.15, 0.2) is 0 Å². The fourth-order valence-electron chi connectivity index (χ4n) is 2.71. The number of aryl methyl sites for hydroxylation is 1.